The summed E-state index contributed by atoms with van der Waals surface area (Å²) in [6.45, 7) is 0. The minimum absolute atomic E-state index is 0.0805. The van der Waals surface area contributed by atoms with Gasteiger partial charge in [-0.1, -0.05) is 0 Å². The van der Waals surface area contributed by atoms with E-state index in [4.69, 9.17) is 0 Å². The average molecular weight is 186 g/mol. The van der Waals surface area contributed by atoms with E-state index in [9.17, 15) is 17.6 Å². The predicted octanol–water partition coefficient (Wildman–Crippen LogP) is 2.09. The number of thiol groups is 1. The molecule has 6 heteroatoms. The van der Waals surface area contributed by atoms with E-state index in [1.165, 1.54) is 0 Å². The summed E-state index contributed by atoms with van der Waals surface area (Å²) in [5.41, 5.74) is 0. The third-order valence-electron chi connectivity index (χ3n) is 1.14. The molecular weight excluding hydrogens is 179 g/mol. The van der Waals surface area contributed by atoms with E-state index in [-0.39, 0.29) is 12.2 Å². The van der Waals surface area contributed by atoms with Crippen LogP contribution in [-0.2, 0) is 0 Å². The van der Waals surface area contributed by atoms with Gasteiger partial charge in [0.25, 0.3) is 11.7 Å². The minimum Gasteiger partial charge on any atom is -0.213 e. The molecule has 0 atom stereocenters. The van der Waals surface area contributed by atoms with Crippen LogP contribution in [0, 0.1) is 0 Å². The van der Waals surface area contributed by atoms with Crippen LogP contribution in [0.15, 0.2) is 0 Å². The summed E-state index contributed by atoms with van der Waals surface area (Å²) in [4.78, 5) is 0. The third-order valence-corrected chi connectivity index (χ3v) is 1.45. The van der Waals surface area contributed by atoms with Crippen molar-refractivity contribution in [2.24, 2.45) is 0 Å². The smallest absolute Gasteiger partial charge is 0.213 e. The van der Waals surface area contributed by atoms with E-state index >= 15 is 0 Å². The van der Waals surface area contributed by atoms with Crippen LogP contribution in [0.5, 0.6) is 0 Å². The Hall–Kier alpha value is 0.135. The molecule has 0 aliphatic carbocycles. The van der Waals surface area contributed by atoms with E-state index in [0.29, 0.717) is 0 Å². The fraction of sp³-hybridized carbons (Fsp3) is 1.00. The Morgan fingerprint density at radius 3 is 1.91 bits per heavy atom. The van der Waals surface area contributed by atoms with Crippen molar-refractivity contribution in [3.63, 3.8) is 0 Å². The quantitative estimate of drug-likeness (QED) is 0.388. The molecule has 11 heavy (non-hydrogen) atoms. The zero-order valence-corrected chi connectivity index (χ0v) is 6.55. The van der Waals surface area contributed by atoms with Crippen molar-refractivity contribution in [3.8, 4) is 0 Å². The number of rotatable bonds is 4. The second-order valence-electron chi connectivity index (χ2n) is 2.15. The summed E-state index contributed by atoms with van der Waals surface area (Å²) >= 11 is 3.61. The van der Waals surface area contributed by atoms with Crippen LogP contribution in [0.1, 0.15) is 12.8 Å². The van der Waals surface area contributed by atoms with Gasteiger partial charge in [0.2, 0.25) is 0 Å². The summed E-state index contributed by atoms with van der Waals surface area (Å²) in [5.74, 6) is -8.39. The summed E-state index contributed by atoms with van der Waals surface area (Å²) in [6, 6.07) is 0. The van der Waals surface area contributed by atoms with Gasteiger partial charge in [-0.2, -0.15) is 12.6 Å². The molecule has 0 aliphatic heterocycles. The fourth-order valence-electron chi connectivity index (χ4n) is 0.468. The van der Waals surface area contributed by atoms with Crippen LogP contribution in [0.2, 0.25) is 0 Å². The first-order valence-corrected chi connectivity index (χ1v) is 3.60. The third kappa shape index (κ3) is 3.36. The largest absolute Gasteiger partial charge is 0.300 e. The summed E-state index contributed by atoms with van der Waals surface area (Å²) in [6.07, 6.45) is -1.01. The topological polar surface area (TPSA) is 0 Å². The Morgan fingerprint density at radius 1 is 1.18 bits per heavy atom. The van der Waals surface area contributed by atoms with Crippen molar-refractivity contribution < 1.29 is 17.6 Å². The molecule has 0 saturated carbocycles. The van der Waals surface area contributed by atoms with Crippen LogP contribution in [0.25, 0.3) is 0 Å². The van der Waals surface area contributed by atoms with Crippen molar-refractivity contribution in [1.29, 1.82) is 0 Å². The van der Waals surface area contributed by atoms with Crippen molar-refractivity contribution in [2.45, 2.75) is 24.6 Å². The van der Waals surface area contributed by atoms with Gasteiger partial charge < -0.3 is 0 Å². The summed E-state index contributed by atoms with van der Waals surface area (Å²) in [7, 11) is 3.95. The number of hydrogen-bond donors (Lipinski definition) is 1. The van der Waals surface area contributed by atoms with E-state index < -0.39 is 18.2 Å². The highest BCUT2D eigenvalue weighted by Gasteiger charge is 2.50. The maximum Gasteiger partial charge on any atom is 0.300 e. The molecule has 64 valence electrons. The molecular formula is C5H7BF4S. The van der Waals surface area contributed by atoms with E-state index in [2.05, 4.69) is 20.5 Å². The highest BCUT2D eigenvalue weighted by molar-refractivity contribution is 7.80. The first-order chi connectivity index (χ1) is 4.81. The van der Waals surface area contributed by atoms with Gasteiger partial charge >= 0.3 is 0 Å². The highest BCUT2D eigenvalue weighted by atomic mass is 32.1. The molecule has 0 nitrogen and oxygen atoms in total. The van der Waals surface area contributed by atoms with Crippen LogP contribution in [0.4, 0.5) is 17.6 Å². The van der Waals surface area contributed by atoms with Crippen LogP contribution < -0.4 is 0 Å². The number of hydrogen-bond acceptors (Lipinski definition) is 1. The summed E-state index contributed by atoms with van der Waals surface area (Å²) in [5, 5.41) is 0. The summed E-state index contributed by atoms with van der Waals surface area (Å²) < 4.78 is 48.1. The van der Waals surface area contributed by atoms with Gasteiger partial charge in [-0.3, -0.25) is 0 Å². The van der Waals surface area contributed by atoms with Gasteiger partial charge in [0.05, 0.1) is 0 Å². The van der Waals surface area contributed by atoms with Crippen LogP contribution >= 0.6 is 12.6 Å². The van der Waals surface area contributed by atoms with Crippen molar-refractivity contribution in [2.75, 3.05) is 5.75 Å². The molecule has 0 aromatic rings. The Kier molecular flexibility index (Phi) is 3.74. The lowest BCUT2D eigenvalue weighted by Gasteiger charge is -2.23. The molecule has 2 radical (unpaired) electrons. The average Bonchev–Trinajstić information content (AvgIpc) is 1.81. The van der Waals surface area contributed by atoms with Gasteiger partial charge in [0.1, 0.15) is 0 Å². The minimum atomic E-state index is -4.42. The molecule has 0 saturated heterocycles. The fourth-order valence-corrected chi connectivity index (χ4v) is 0.626. The molecule has 0 aliphatic rings. The zero-order valence-electron chi connectivity index (χ0n) is 5.66. The Morgan fingerprint density at radius 2 is 1.64 bits per heavy atom. The van der Waals surface area contributed by atoms with Crippen molar-refractivity contribution in [3.05, 3.63) is 0 Å². The highest BCUT2D eigenvalue weighted by Crippen LogP contribution is 2.35. The molecule has 0 spiro atoms. The molecule has 0 rings (SSSR count). The van der Waals surface area contributed by atoms with Gasteiger partial charge in [-0.05, 0) is 12.2 Å². The van der Waals surface area contributed by atoms with E-state index in [1.54, 1.807) is 0 Å². The first kappa shape index (κ1) is 11.1. The molecule has 0 bridgehead atoms. The Labute approximate surface area is 69.2 Å². The van der Waals surface area contributed by atoms with E-state index in [1.807, 2.05) is 0 Å². The second-order valence-corrected chi connectivity index (χ2v) is 2.60. The predicted molar refractivity (Wildman–Crippen MR) is 38.7 cm³/mol. The molecule has 0 unspecified atom stereocenters. The molecule has 0 aromatic carbocycles. The van der Waals surface area contributed by atoms with Gasteiger partial charge in [-0.15, -0.1) is 0 Å². The molecule has 0 fully saturated rings. The lowest BCUT2D eigenvalue weighted by molar-refractivity contribution is -0.161. The SMILES string of the molecule is [B]C(F)(F)C(F)(F)CCCS. The lowest BCUT2D eigenvalue weighted by atomic mass is 9.89. The maximum absolute atomic E-state index is 12.2. The van der Waals surface area contributed by atoms with Crippen LogP contribution in [-0.4, -0.2) is 25.3 Å². The Bertz CT molecular complexity index is 122. The number of halogens is 4. The van der Waals surface area contributed by atoms with Gasteiger partial charge in [-0.25, -0.2) is 17.6 Å². The van der Waals surface area contributed by atoms with Gasteiger partial charge in [0, 0.05) is 6.42 Å². The normalized spacial score (nSPS) is 13.5. The molecule has 0 N–H and O–H groups in total. The van der Waals surface area contributed by atoms with Crippen molar-refractivity contribution >= 4 is 20.5 Å². The molecule has 0 aromatic heterocycles. The number of alkyl halides is 4. The van der Waals surface area contributed by atoms with Crippen LogP contribution in [0.3, 0.4) is 0 Å². The standard InChI is InChI=1S/C5H7BF4S/c6-5(9,10)4(7,8)2-1-3-11/h11H,1-3H2. The first-order valence-electron chi connectivity index (χ1n) is 2.96. The van der Waals surface area contributed by atoms with E-state index in [0.717, 1.165) is 0 Å². The lowest BCUT2D eigenvalue weighted by Crippen LogP contribution is -2.40. The monoisotopic (exact) mass is 186 g/mol. The van der Waals surface area contributed by atoms with Crippen molar-refractivity contribution in [1.82, 2.24) is 0 Å². The molecule has 0 heterocycles. The molecule has 0 amide bonds. The maximum atomic E-state index is 12.2. The Balaban J connectivity index is 4.00. The van der Waals surface area contributed by atoms with Gasteiger partial charge in [0.15, 0.2) is 7.85 Å². The second kappa shape index (κ2) is 3.69. The zero-order chi connectivity index (χ0) is 9.12.